The van der Waals surface area contributed by atoms with Crippen LogP contribution in [0.15, 0.2) is 42.5 Å². The van der Waals surface area contributed by atoms with Crippen LogP contribution < -0.4 is 10.1 Å². The minimum absolute atomic E-state index is 0.0326. The zero-order valence-electron chi connectivity index (χ0n) is 18.5. The Morgan fingerprint density at radius 2 is 1.74 bits per heavy atom. The van der Waals surface area contributed by atoms with E-state index in [0.29, 0.717) is 28.6 Å². The highest BCUT2D eigenvalue weighted by Gasteiger charge is 2.29. The van der Waals surface area contributed by atoms with Crippen LogP contribution in [0.5, 0.6) is 5.75 Å². The van der Waals surface area contributed by atoms with Crippen molar-refractivity contribution in [2.75, 3.05) is 7.11 Å². The molecule has 2 atom stereocenters. The van der Waals surface area contributed by atoms with Crippen LogP contribution in [0.25, 0.3) is 0 Å². The molecule has 168 valence electrons. The van der Waals surface area contributed by atoms with Gasteiger partial charge in [0.05, 0.1) is 13.5 Å². The molecule has 1 N–H and O–H groups in total. The third-order valence-electron chi connectivity index (χ3n) is 5.26. The van der Waals surface area contributed by atoms with E-state index in [2.05, 4.69) is 5.32 Å². The minimum atomic E-state index is -0.588. The summed E-state index contributed by atoms with van der Waals surface area (Å²) in [5.74, 6) is 0.406. The Hall–Kier alpha value is -2.24. The Morgan fingerprint density at radius 3 is 2.29 bits per heavy atom. The molecule has 0 aromatic heterocycles. The van der Waals surface area contributed by atoms with Gasteiger partial charge in [0.2, 0.25) is 11.8 Å². The summed E-state index contributed by atoms with van der Waals surface area (Å²) in [5.41, 5.74) is 1.58. The number of methoxy groups -OCH3 is 1. The van der Waals surface area contributed by atoms with Gasteiger partial charge in [0.15, 0.2) is 0 Å². The van der Waals surface area contributed by atoms with Crippen molar-refractivity contribution >= 4 is 35.0 Å². The summed E-state index contributed by atoms with van der Waals surface area (Å²) in [6.07, 6.45) is 1.40. The van der Waals surface area contributed by atoms with Crippen molar-refractivity contribution in [1.29, 1.82) is 0 Å². The molecule has 0 aliphatic heterocycles. The van der Waals surface area contributed by atoms with E-state index in [-0.39, 0.29) is 24.3 Å². The molecule has 2 aromatic rings. The second-order valence-electron chi connectivity index (χ2n) is 7.52. The number of nitrogens with one attached hydrogen (secondary N) is 1. The summed E-state index contributed by atoms with van der Waals surface area (Å²) >= 11 is 12.3. The molecule has 2 rings (SSSR count). The normalized spacial score (nSPS) is 12.7. The Bertz CT molecular complexity index is 887. The topological polar surface area (TPSA) is 58.6 Å². The standard InChI is InChI=1S/C24H30Cl2N2O3/c1-5-16(3)27-24(30)22(6-2)28(15-17-7-11-20(31-4)12-8-17)23(29)13-18-9-10-19(25)14-21(18)26/h7-12,14,16,22H,5-6,13,15H2,1-4H3,(H,27,30). The predicted octanol–water partition coefficient (Wildman–Crippen LogP) is 5.27. The fraction of sp³-hybridized carbons (Fsp3) is 0.417. The largest absolute Gasteiger partial charge is 0.497 e. The smallest absolute Gasteiger partial charge is 0.243 e. The number of ether oxygens (including phenoxy) is 1. The lowest BCUT2D eigenvalue weighted by Gasteiger charge is -2.31. The van der Waals surface area contributed by atoms with Gasteiger partial charge in [-0.1, -0.05) is 55.2 Å². The number of carbonyl (C=O) groups is 2. The van der Waals surface area contributed by atoms with Gasteiger partial charge in [-0.15, -0.1) is 0 Å². The van der Waals surface area contributed by atoms with E-state index in [0.717, 1.165) is 17.7 Å². The number of hydrogen-bond acceptors (Lipinski definition) is 3. The van der Waals surface area contributed by atoms with Crippen molar-refractivity contribution in [1.82, 2.24) is 10.2 Å². The first kappa shape index (κ1) is 25.0. The molecule has 0 spiro atoms. The SMILES string of the molecule is CCC(C)NC(=O)C(CC)N(Cc1ccc(OC)cc1)C(=O)Cc1ccc(Cl)cc1Cl. The molecule has 0 bridgehead atoms. The van der Waals surface area contributed by atoms with Crippen molar-refractivity contribution in [3.8, 4) is 5.75 Å². The van der Waals surface area contributed by atoms with Gasteiger partial charge in [-0.2, -0.15) is 0 Å². The number of nitrogens with zero attached hydrogens (tertiary/aromatic N) is 1. The summed E-state index contributed by atoms with van der Waals surface area (Å²) in [5, 5.41) is 3.95. The van der Waals surface area contributed by atoms with Crippen LogP contribution >= 0.6 is 23.2 Å². The highest BCUT2D eigenvalue weighted by atomic mass is 35.5. The lowest BCUT2D eigenvalue weighted by molar-refractivity contribution is -0.141. The van der Waals surface area contributed by atoms with E-state index in [9.17, 15) is 9.59 Å². The van der Waals surface area contributed by atoms with Gasteiger partial charge in [0.1, 0.15) is 11.8 Å². The van der Waals surface area contributed by atoms with Gasteiger partial charge >= 0.3 is 0 Å². The third-order valence-corrected chi connectivity index (χ3v) is 5.84. The van der Waals surface area contributed by atoms with Crippen molar-refractivity contribution in [3.05, 3.63) is 63.6 Å². The van der Waals surface area contributed by atoms with Gasteiger partial charge in [-0.25, -0.2) is 0 Å². The minimum Gasteiger partial charge on any atom is -0.497 e. The summed E-state index contributed by atoms with van der Waals surface area (Å²) in [6, 6.07) is 12.0. The Kier molecular flexibility index (Phi) is 9.66. The molecular formula is C24H30Cl2N2O3. The maximum absolute atomic E-state index is 13.4. The molecule has 0 heterocycles. The van der Waals surface area contributed by atoms with Gasteiger partial charge in [-0.05, 0) is 55.2 Å². The van der Waals surface area contributed by atoms with Crippen LogP contribution in [0, 0.1) is 0 Å². The second kappa shape index (κ2) is 12.0. The summed E-state index contributed by atoms with van der Waals surface area (Å²) in [7, 11) is 1.60. The zero-order chi connectivity index (χ0) is 23.0. The van der Waals surface area contributed by atoms with Gasteiger partial charge in [-0.3, -0.25) is 9.59 Å². The zero-order valence-corrected chi connectivity index (χ0v) is 20.0. The highest BCUT2D eigenvalue weighted by Crippen LogP contribution is 2.23. The maximum atomic E-state index is 13.4. The first-order valence-corrected chi connectivity index (χ1v) is 11.2. The number of carbonyl (C=O) groups excluding carboxylic acids is 2. The number of rotatable bonds is 10. The predicted molar refractivity (Wildman–Crippen MR) is 126 cm³/mol. The Labute approximate surface area is 194 Å². The van der Waals surface area contributed by atoms with E-state index in [4.69, 9.17) is 27.9 Å². The van der Waals surface area contributed by atoms with Crippen molar-refractivity contribution in [3.63, 3.8) is 0 Å². The number of halogens is 2. The molecule has 2 aromatic carbocycles. The van der Waals surface area contributed by atoms with Crippen LogP contribution in [0.2, 0.25) is 10.0 Å². The molecule has 5 nitrogen and oxygen atoms in total. The monoisotopic (exact) mass is 464 g/mol. The molecular weight excluding hydrogens is 435 g/mol. The average molecular weight is 465 g/mol. The summed E-state index contributed by atoms with van der Waals surface area (Å²) in [4.78, 5) is 28.0. The molecule has 2 unspecified atom stereocenters. The van der Waals surface area contributed by atoms with E-state index < -0.39 is 6.04 Å². The Balaban J connectivity index is 2.31. The lowest BCUT2D eigenvalue weighted by atomic mass is 10.1. The molecule has 2 amide bonds. The van der Waals surface area contributed by atoms with Crippen LogP contribution in [0.4, 0.5) is 0 Å². The number of hydrogen-bond donors (Lipinski definition) is 1. The molecule has 0 radical (unpaired) electrons. The first-order chi connectivity index (χ1) is 14.8. The number of benzene rings is 2. The van der Waals surface area contributed by atoms with Crippen LogP contribution in [-0.2, 0) is 22.6 Å². The van der Waals surface area contributed by atoms with Gasteiger partial charge in [0.25, 0.3) is 0 Å². The van der Waals surface area contributed by atoms with Crippen LogP contribution in [0.3, 0.4) is 0 Å². The fourth-order valence-corrected chi connectivity index (χ4v) is 3.69. The van der Waals surface area contributed by atoms with Crippen molar-refractivity contribution < 1.29 is 14.3 Å². The first-order valence-electron chi connectivity index (χ1n) is 10.5. The molecule has 0 aliphatic rings. The van der Waals surface area contributed by atoms with E-state index >= 15 is 0 Å². The van der Waals surface area contributed by atoms with E-state index in [1.807, 2.05) is 45.0 Å². The Morgan fingerprint density at radius 1 is 1.06 bits per heavy atom. The van der Waals surface area contributed by atoms with Crippen LogP contribution in [0.1, 0.15) is 44.7 Å². The quantitative estimate of drug-likeness (QED) is 0.520. The molecule has 31 heavy (non-hydrogen) atoms. The molecule has 0 saturated carbocycles. The lowest BCUT2D eigenvalue weighted by Crippen LogP contribution is -2.51. The maximum Gasteiger partial charge on any atom is 0.243 e. The summed E-state index contributed by atoms with van der Waals surface area (Å²) in [6.45, 7) is 6.17. The van der Waals surface area contributed by atoms with E-state index in [1.165, 1.54) is 0 Å². The van der Waals surface area contributed by atoms with E-state index in [1.54, 1.807) is 30.2 Å². The molecule has 0 saturated heterocycles. The number of amides is 2. The molecule has 0 aliphatic carbocycles. The van der Waals surface area contributed by atoms with Crippen molar-refractivity contribution in [2.24, 2.45) is 0 Å². The fourth-order valence-electron chi connectivity index (χ4n) is 3.22. The molecule has 0 fully saturated rings. The van der Waals surface area contributed by atoms with Crippen molar-refractivity contribution in [2.45, 2.75) is 58.7 Å². The summed E-state index contributed by atoms with van der Waals surface area (Å²) < 4.78 is 5.22. The van der Waals surface area contributed by atoms with Gasteiger partial charge in [0, 0.05) is 22.6 Å². The second-order valence-corrected chi connectivity index (χ2v) is 8.37. The van der Waals surface area contributed by atoms with Crippen LogP contribution in [-0.4, -0.2) is 35.9 Å². The average Bonchev–Trinajstić information content (AvgIpc) is 2.75. The van der Waals surface area contributed by atoms with Gasteiger partial charge < -0.3 is 15.0 Å². The molecule has 7 heteroatoms. The highest BCUT2D eigenvalue weighted by molar-refractivity contribution is 6.35. The third kappa shape index (κ3) is 7.15.